The molecule has 0 saturated carbocycles. The second-order valence-corrected chi connectivity index (χ2v) is 6.33. The highest BCUT2D eigenvalue weighted by atomic mass is 32.1. The van der Waals surface area contributed by atoms with Crippen LogP contribution in [0.5, 0.6) is 0 Å². The summed E-state index contributed by atoms with van der Waals surface area (Å²) in [5, 5.41) is 27.2. The van der Waals surface area contributed by atoms with Crippen LogP contribution in [0.2, 0.25) is 0 Å². The van der Waals surface area contributed by atoms with Gasteiger partial charge in [0.15, 0.2) is 5.60 Å². The van der Waals surface area contributed by atoms with E-state index in [9.17, 15) is 14.7 Å². The fourth-order valence-corrected chi connectivity index (χ4v) is 3.01. The van der Waals surface area contributed by atoms with Crippen LogP contribution in [0.15, 0.2) is 22.2 Å². The van der Waals surface area contributed by atoms with Gasteiger partial charge in [-0.25, -0.2) is 9.78 Å². The lowest BCUT2D eigenvalue weighted by atomic mass is 10.1. The Bertz CT molecular complexity index is 634. The van der Waals surface area contributed by atoms with Gasteiger partial charge in [-0.2, -0.15) is 11.3 Å². The smallest absolute Gasteiger partial charge is 0.337 e. The number of carbonyl (C=O) groups excluding carboxylic acids is 1. The number of thiophene rings is 1. The normalized spacial score (nSPS) is 13.6. The summed E-state index contributed by atoms with van der Waals surface area (Å²) in [7, 11) is 0. The zero-order valence-electron chi connectivity index (χ0n) is 11.2. The molecule has 3 N–H and O–H groups in total. The second kappa shape index (κ2) is 6.33. The molecule has 0 fully saturated rings. The molecule has 0 aliphatic carbocycles. The van der Waals surface area contributed by atoms with Gasteiger partial charge in [-0.15, -0.1) is 11.3 Å². The lowest BCUT2D eigenvalue weighted by molar-refractivity contribution is -0.156. The molecule has 0 saturated heterocycles. The number of carboxylic acid groups (broad SMARTS) is 1. The first-order valence-electron chi connectivity index (χ1n) is 6.08. The number of aromatic nitrogens is 1. The quantitative estimate of drug-likeness (QED) is 0.744. The molecule has 0 bridgehead atoms. The molecule has 0 spiro atoms. The van der Waals surface area contributed by atoms with Gasteiger partial charge >= 0.3 is 5.97 Å². The number of carboxylic acids is 1. The van der Waals surface area contributed by atoms with Crippen molar-refractivity contribution in [3.8, 4) is 10.6 Å². The van der Waals surface area contributed by atoms with E-state index in [2.05, 4.69) is 10.3 Å². The maximum Gasteiger partial charge on any atom is 0.337 e. The summed E-state index contributed by atoms with van der Waals surface area (Å²) in [6.45, 7) is 0.788. The number of thiazole rings is 1. The monoisotopic (exact) mass is 326 g/mol. The van der Waals surface area contributed by atoms with Crippen LogP contribution in [0.3, 0.4) is 0 Å². The Hall–Kier alpha value is -1.77. The van der Waals surface area contributed by atoms with E-state index in [-0.39, 0.29) is 18.9 Å². The van der Waals surface area contributed by atoms with Crippen molar-refractivity contribution in [2.45, 2.75) is 18.9 Å². The maximum absolute atomic E-state index is 11.7. The summed E-state index contributed by atoms with van der Waals surface area (Å²) < 4.78 is 0. The van der Waals surface area contributed by atoms with Gasteiger partial charge in [-0.05, 0) is 18.4 Å². The van der Waals surface area contributed by atoms with Gasteiger partial charge in [0.1, 0.15) is 5.01 Å². The second-order valence-electron chi connectivity index (χ2n) is 4.69. The van der Waals surface area contributed by atoms with Gasteiger partial charge in [0, 0.05) is 16.3 Å². The number of rotatable bonds is 6. The lowest BCUT2D eigenvalue weighted by Crippen LogP contribution is -2.46. The predicted octanol–water partition coefficient (Wildman–Crippen LogP) is 1.37. The first-order chi connectivity index (χ1) is 9.88. The predicted molar refractivity (Wildman–Crippen MR) is 80.4 cm³/mol. The minimum atomic E-state index is -1.97. The molecule has 2 heterocycles. The van der Waals surface area contributed by atoms with E-state index in [1.807, 2.05) is 16.8 Å². The van der Waals surface area contributed by atoms with Crippen LogP contribution >= 0.6 is 22.7 Å². The summed E-state index contributed by atoms with van der Waals surface area (Å²) >= 11 is 3.02. The molecule has 0 aliphatic heterocycles. The number of hydrogen-bond donors (Lipinski definition) is 3. The van der Waals surface area contributed by atoms with Crippen LogP contribution < -0.4 is 5.32 Å². The Kier molecular flexibility index (Phi) is 4.71. The molecule has 1 unspecified atom stereocenters. The van der Waals surface area contributed by atoms with Gasteiger partial charge in [0.25, 0.3) is 0 Å². The number of carbonyl (C=O) groups is 2. The molecule has 2 aromatic heterocycles. The number of nitrogens with one attached hydrogen (secondary N) is 1. The average Bonchev–Trinajstić information content (AvgIpc) is 3.06. The average molecular weight is 326 g/mol. The van der Waals surface area contributed by atoms with Crippen molar-refractivity contribution in [1.29, 1.82) is 0 Å². The Labute approximate surface area is 129 Å². The molecule has 8 heteroatoms. The fourth-order valence-electron chi connectivity index (χ4n) is 1.48. The number of hydrogen-bond acceptors (Lipinski definition) is 6. The molecule has 21 heavy (non-hydrogen) atoms. The molecular formula is C13H14N2O4S2. The number of amides is 1. The van der Waals surface area contributed by atoms with Gasteiger partial charge < -0.3 is 15.5 Å². The van der Waals surface area contributed by atoms with E-state index < -0.39 is 11.6 Å². The minimum absolute atomic E-state index is 0.0519. The van der Waals surface area contributed by atoms with Crippen molar-refractivity contribution in [2.24, 2.45) is 0 Å². The van der Waals surface area contributed by atoms with Crippen molar-refractivity contribution in [2.75, 3.05) is 6.54 Å². The summed E-state index contributed by atoms with van der Waals surface area (Å²) in [4.78, 5) is 26.8. The zero-order chi connectivity index (χ0) is 15.5. The fraction of sp³-hybridized carbons (Fsp3) is 0.308. The van der Waals surface area contributed by atoms with Gasteiger partial charge in [-0.3, -0.25) is 4.79 Å². The molecular weight excluding hydrogens is 312 g/mol. The Morgan fingerprint density at radius 3 is 2.81 bits per heavy atom. The third-order valence-electron chi connectivity index (χ3n) is 2.75. The third kappa shape index (κ3) is 4.10. The number of aliphatic carboxylic acids is 1. The lowest BCUT2D eigenvalue weighted by Gasteiger charge is -2.17. The standard InChI is InChI=1S/C13H14N2O4S2/c1-13(19,12(17)18)7-14-10(16)4-9-6-21-11(15-9)8-2-3-20-5-8/h2-3,5-6,19H,4,7H2,1H3,(H,14,16)(H,17,18). The number of aliphatic hydroxyl groups is 1. The highest BCUT2D eigenvalue weighted by molar-refractivity contribution is 7.14. The van der Waals surface area contributed by atoms with Gasteiger partial charge in [0.05, 0.1) is 18.7 Å². The van der Waals surface area contributed by atoms with E-state index in [0.29, 0.717) is 5.69 Å². The first-order valence-corrected chi connectivity index (χ1v) is 7.90. The molecule has 112 valence electrons. The van der Waals surface area contributed by atoms with Crippen LogP contribution in [-0.2, 0) is 16.0 Å². The summed E-state index contributed by atoms with van der Waals surface area (Å²) in [6, 6.07) is 1.96. The van der Waals surface area contributed by atoms with E-state index in [1.165, 1.54) is 11.3 Å². The molecule has 0 aromatic carbocycles. The van der Waals surface area contributed by atoms with Gasteiger partial charge in [0.2, 0.25) is 5.91 Å². The summed E-state index contributed by atoms with van der Waals surface area (Å²) in [6.07, 6.45) is 0.0519. The van der Waals surface area contributed by atoms with E-state index >= 15 is 0 Å². The molecule has 2 aromatic rings. The summed E-state index contributed by atoms with van der Waals surface area (Å²) in [5.74, 6) is -1.75. The van der Waals surface area contributed by atoms with Crippen molar-refractivity contribution < 1.29 is 19.8 Å². The SMILES string of the molecule is CC(O)(CNC(=O)Cc1csc(-c2ccsc2)n1)C(=O)O. The minimum Gasteiger partial charge on any atom is -0.479 e. The van der Waals surface area contributed by atoms with Crippen LogP contribution in [0.4, 0.5) is 0 Å². The first kappa shape index (κ1) is 15.6. The third-order valence-corrected chi connectivity index (χ3v) is 4.38. The maximum atomic E-state index is 11.7. The molecule has 0 aliphatic rings. The van der Waals surface area contributed by atoms with Crippen LogP contribution in [0.1, 0.15) is 12.6 Å². The summed E-state index contributed by atoms with van der Waals surface area (Å²) in [5.41, 5.74) is -0.335. The molecule has 6 nitrogen and oxygen atoms in total. The van der Waals surface area contributed by atoms with E-state index in [4.69, 9.17) is 5.11 Å². The van der Waals surface area contributed by atoms with Crippen molar-refractivity contribution in [3.05, 3.63) is 27.9 Å². The van der Waals surface area contributed by atoms with E-state index in [1.54, 1.807) is 16.7 Å². The van der Waals surface area contributed by atoms with E-state index in [0.717, 1.165) is 17.5 Å². The number of nitrogens with zero attached hydrogens (tertiary/aromatic N) is 1. The van der Waals surface area contributed by atoms with Crippen LogP contribution in [0.25, 0.3) is 10.6 Å². The van der Waals surface area contributed by atoms with Crippen LogP contribution in [0, 0.1) is 0 Å². The molecule has 2 rings (SSSR count). The molecule has 1 atom stereocenters. The Morgan fingerprint density at radius 2 is 2.19 bits per heavy atom. The highest BCUT2D eigenvalue weighted by Gasteiger charge is 2.30. The molecule has 1 amide bonds. The van der Waals surface area contributed by atoms with Crippen molar-refractivity contribution in [3.63, 3.8) is 0 Å². The Balaban J connectivity index is 1.90. The van der Waals surface area contributed by atoms with Crippen molar-refractivity contribution >= 4 is 34.6 Å². The largest absolute Gasteiger partial charge is 0.479 e. The zero-order valence-corrected chi connectivity index (χ0v) is 12.8. The Morgan fingerprint density at radius 1 is 1.43 bits per heavy atom. The van der Waals surface area contributed by atoms with Gasteiger partial charge in [-0.1, -0.05) is 0 Å². The topological polar surface area (TPSA) is 99.5 Å². The van der Waals surface area contributed by atoms with Crippen LogP contribution in [-0.4, -0.2) is 39.2 Å². The highest BCUT2D eigenvalue weighted by Crippen LogP contribution is 2.25. The molecule has 0 radical (unpaired) electrons. The van der Waals surface area contributed by atoms with Crippen molar-refractivity contribution in [1.82, 2.24) is 10.3 Å².